The van der Waals surface area contributed by atoms with E-state index in [9.17, 15) is 28.8 Å². The van der Waals surface area contributed by atoms with Gasteiger partial charge in [-0.05, 0) is 43.5 Å². The largest absolute Gasteiger partial charge is 0.457 e. The number of rotatable bonds is 18. The number of Topliss-reactive ketones (excluding diaryl/α,β-unsaturated/α-hetero) is 1. The van der Waals surface area contributed by atoms with E-state index in [1.807, 2.05) is 0 Å². The summed E-state index contributed by atoms with van der Waals surface area (Å²) in [6.07, 6.45) is 7.03. The standard InChI is InChI=1S/C32H36N2O9S/c1-2-3-4-5-8-11-29(39)42-21-12-13-22-26(17-21)43-31-23(33-22)14-15-25(37)30(31)24(36)10-7-6-9-16-34-28(38)18-27(32(34)40)44-20-41-19-35/h12-15,17,19,27H,2-11,16,18,20H2,1H3. The molecule has 2 amide bonds. The molecule has 44 heavy (non-hydrogen) atoms. The maximum Gasteiger partial charge on any atom is 0.311 e. The number of aromatic nitrogens is 1. The molecule has 0 spiro atoms. The molecule has 0 saturated carbocycles. The van der Waals surface area contributed by atoms with Crippen LogP contribution in [0.5, 0.6) is 5.75 Å². The number of amides is 2. The van der Waals surface area contributed by atoms with Crippen LogP contribution >= 0.6 is 11.8 Å². The van der Waals surface area contributed by atoms with Gasteiger partial charge in [0.1, 0.15) is 28.5 Å². The number of carbonyl (C=O) groups is 5. The summed E-state index contributed by atoms with van der Waals surface area (Å²) in [5.41, 5.74) is 0.549. The summed E-state index contributed by atoms with van der Waals surface area (Å²) in [7, 11) is 0. The molecule has 1 saturated heterocycles. The van der Waals surface area contributed by atoms with Gasteiger partial charge in [-0.1, -0.05) is 39.0 Å². The number of ketones is 1. The number of likely N-dealkylation sites (tertiary alicyclic amines) is 1. The van der Waals surface area contributed by atoms with Crippen LogP contribution in [0.3, 0.4) is 0 Å². The lowest BCUT2D eigenvalue weighted by Gasteiger charge is -2.14. The quantitative estimate of drug-likeness (QED) is 0.0265. The zero-order valence-electron chi connectivity index (χ0n) is 24.7. The topological polar surface area (TPSA) is 150 Å². The lowest BCUT2D eigenvalue weighted by Crippen LogP contribution is -2.32. The van der Waals surface area contributed by atoms with Crippen molar-refractivity contribution in [3.8, 4) is 17.2 Å². The Morgan fingerprint density at radius 2 is 1.80 bits per heavy atom. The van der Waals surface area contributed by atoms with Crippen LogP contribution in [0.15, 0.2) is 39.5 Å². The number of fused-ring (bicyclic) bond motifs is 2. The van der Waals surface area contributed by atoms with Crippen LogP contribution in [0.1, 0.15) is 87.9 Å². The fourth-order valence-electron chi connectivity index (χ4n) is 5.06. The molecule has 1 unspecified atom stereocenters. The zero-order chi connectivity index (χ0) is 31.5. The van der Waals surface area contributed by atoms with Crippen molar-refractivity contribution >= 4 is 52.9 Å². The van der Waals surface area contributed by atoms with Gasteiger partial charge in [-0.15, -0.1) is 11.8 Å². The van der Waals surface area contributed by atoms with E-state index >= 15 is 0 Å². The van der Waals surface area contributed by atoms with E-state index in [2.05, 4.69) is 16.6 Å². The third kappa shape index (κ3) is 8.52. The number of hydrogen-bond acceptors (Lipinski definition) is 11. The minimum absolute atomic E-state index is 0.00444. The zero-order valence-corrected chi connectivity index (χ0v) is 25.5. The summed E-state index contributed by atoms with van der Waals surface area (Å²) in [4.78, 5) is 79.0. The molecule has 0 N–H and O–H groups in total. The highest BCUT2D eigenvalue weighted by molar-refractivity contribution is 8.00. The second kappa shape index (κ2) is 16.1. The molecule has 0 bridgehead atoms. The third-order valence-corrected chi connectivity index (χ3v) is 8.41. The molecule has 2 aliphatic heterocycles. The molecule has 1 aliphatic carbocycles. The average molecular weight is 625 g/mol. The summed E-state index contributed by atoms with van der Waals surface area (Å²) >= 11 is 1.10. The van der Waals surface area contributed by atoms with Gasteiger partial charge in [-0.3, -0.25) is 33.7 Å². The lowest BCUT2D eigenvalue weighted by molar-refractivity contribution is -0.138. The Hall–Kier alpha value is -4.06. The number of nitrogens with zero attached hydrogens (tertiary/aromatic N) is 2. The predicted octanol–water partition coefficient (Wildman–Crippen LogP) is 5.29. The van der Waals surface area contributed by atoms with E-state index in [1.54, 1.807) is 12.1 Å². The van der Waals surface area contributed by atoms with Crippen LogP contribution in [0.25, 0.3) is 22.6 Å². The van der Waals surface area contributed by atoms with E-state index in [0.717, 1.165) is 43.9 Å². The van der Waals surface area contributed by atoms with Crippen LogP contribution < -0.4 is 10.2 Å². The molecule has 0 radical (unpaired) electrons. The summed E-state index contributed by atoms with van der Waals surface area (Å²) in [6.45, 7) is 2.66. The maximum atomic E-state index is 13.2. The summed E-state index contributed by atoms with van der Waals surface area (Å²) < 4.78 is 16.1. The van der Waals surface area contributed by atoms with Gasteiger partial charge < -0.3 is 13.9 Å². The molecule has 2 heterocycles. The van der Waals surface area contributed by atoms with Gasteiger partial charge in [0.2, 0.25) is 11.8 Å². The average Bonchev–Trinajstić information content (AvgIpc) is 3.27. The Kier molecular flexibility index (Phi) is 12.0. The highest BCUT2D eigenvalue weighted by atomic mass is 32.2. The van der Waals surface area contributed by atoms with Gasteiger partial charge in [0.25, 0.3) is 6.47 Å². The Bertz CT molecular complexity index is 1540. The van der Waals surface area contributed by atoms with E-state index in [-0.39, 0.29) is 60.0 Å². The van der Waals surface area contributed by atoms with Crippen LogP contribution in [0.2, 0.25) is 0 Å². The SMILES string of the molecule is CCCCCCCC(=O)Oc1ccc2nc3ccc(=O)c(C(=O)CCCCCN4C(=O)CC(SCOC=O)C4=O)c-3oc2c1. The molecular weight excluding hydrogens is 588 g/mol. The third-order valence-electron chi connectivity index (χ3n) is 7.37. The van der Waals surface area contributed by atoms with Crippen molar-refractivity contribution < 1.29 is 37.9 Å². The van der Waals surface area contributed by atoms with Crippen LogP contribution in [0, 0.1) is 0 Å². The molecule has 12 heteroatoms. The molecule has 3 aliphatic rings. The number of benzene rings is 2. The van der Waals surface area contributed by atoms with Crippen molar-refractivity contribution in [3.63, 3.8) is 0 Å². The maximum absolute atomic E-state index is 13.2. The van der Waals surface area contributed by atoms with Crippen molar-refractivity contribution in [1.82, 2.24) is 9.88 Å². The fraction of sp³-hybridized carbons (Fsp3) is 0.469. The minimum Gasteiger partial charge on any atom is -0.457 e. The van der Waals surface area contributed by atoms with E-state index < -0.39 is 16.5 Å². The van der Waals surface area contributed by atoms with E-state index in [1.165, 1.54) is 23.1 Å². The first kappa shape index (κ1) is 32.8. The number of hydrogen-bond donors (Lipinski definition) is 0. The van der Waals surface area contributed by atoms with Crippen molar-refractivity contribution in [2.24, 2.45) is 0 Å². The van der Waals surface area contributed by atoms with Gasteiger partial charge in [-0.2, -0.15) is 0 Å². The van der Waals surface area contributed by atoms with Crippen LogP contribution in [-0.2, 0) is 23.9 Å². The smallest absolute Gasteiger partial charge is 0.311 e. The number of imide groups is 1. The van der Waals surface area contributed by atoms with Crippen molar-refractivity contribution in [2.45, 2.75) is 82.8 Å². The van der Waals surface area contributed by atoms with Gasteiger partial charge in [0, 0.05) is 31.9 Å². The van der Waals surface area contributed by atoms with Gasteiger partial charge >= 0.3 is 5.97 Å². The lowest BCUT2D eigenvalue weighted by atomic mass is 10.00. The Morgan fingerprint density at radius 3 is 2.59 bits per heavy atom. The van der Waals surface area contributed by atoms with Gasteiger partial charge in [0.15, 0.2) is 22.6 Å². The van der Waals surface area contributed by atoms with Gasteiger partial charge in [-0.25, -0.2) is 4.98 Å². The van der Waals surface area contributed by atoms with Gasteiger partial charge in [0.05, 0.1) is 5.25 Å². The van der Waals surface area contributed by atoms with E-state index in [0.29, 0.717) is 49.1 Å². The number of ether oxygens (including phenoxy) is 2. The molecular formula is C32H36N2O9S. The summed E-state index contributed by atoms with van der Waals surface area (Å²) in [5, 5.41) is -0.567. The van der Waals surface area contributed by atoms with Crippen LogP contribution in [-0.4, -0.2) is 57.7 Å². The second-order valence-corrected chi connectivity index (χ2v) is 11.8. The molecule has 1 aromatic carbocycles. The number of thioether (sulfide) groups is 1. The summed E-state index contributed by atoms with van der Waals surface area (Å²) in [5.74, 6) is -0.942. The molecule has 1 atom stereocenters. The van der Waals surface area contributed by atoms with Crippen molar-refractivity contribution in [3.05, 3.63) is 46.1 Å². The Morgan fingerprint density at radius 1 is 1.02 bits per heavy atom. The molecule has 0 aromatic heterocycles. The minimum atomic E-state index is -0.567. The fourth-order valence-corrected chi connectivity index (χ4v) is 5.89. The van der Waals surface area contributed by atoms with Crippen LogP contribution in [0.4, 0.5) is 0 Å². The summed E-state index contributed by atoms with van der Waals surface area (Å²) in [6, 6.07) is 7.61. The monoisotopic (exact) mass is 624 g/mol. The Labute approximate surface area is 259 Å². The number of unbranched alkanes of at least 4 members (excludes halogenated alkanes) is 6. The molecule has 1 aromatic rings. The highest BCUT2D eigenvalue weighted by Crippen LogP contribution is 2.30. The predicted molar refractivity (Wildman–Crippen MR) is 163 cm³/mol. The molecule has 234 valence electrons. The second-order valence-electron chi connectivity index (χ2n) is 10.6. The first-order chi connectivity index (χ1) is 21.3. The molecule has 4 rings (SSSR count). The molecule has 1 fully saturated rings. The van der Waals surface area contributed by atoms with E-state index in [4.69, 9.17) is 9.15 Å². The molecule has 11 nitrogen and oxygen atoms in total. The first-order valence-corrected chi connectivity index (χ1v) is 16.0. The number of carbonyl (C=O) groups excluding carboxylic acids is 5. The number of esters is 1. The normalized spacial score (nSPS) is 14.8. The van der Waals surface area contributed by atoms with Crippen molar-refractivity contribution in [1.29, 1.82) is 0 Å². The first-order valence-electron chi connectivity index (χ1n) is 14.9. The highest BCUT2D eigenvalue weighted by Gasteiger charge is 2.38. The van der Waals surface area contributed by atoms with Crippen molar-refractivity contribution in [2.75, 3.05) is 12.5 Å². The Balaban J connectivity index is 1.35.